The number of hydrogen-bond acceptors (Lipinski definition) is 2. The summed E-state index contributed by atoms with van der Waals surface area (Å²) in [6.45, 7) is 1.96. The van der Waals surface area contributed by atoms with Crippen LogP contribution in [0.4, 0.5) is 0 Å². The smallest absolute Gasteiger partial charge is 0.221 e. The van der Waals surface area contributed by atoms with Gasteiger partial charge < -0.3 is 15.0 Å². The lowest BCUT2D eigenvalue weighted by atomic mass is 10.1. The van der Waals surface area contributed by atoms with E-state index in [1.54, 1.807) is 7.11 Å². The van der Waals surface area contributed by atoms with Crippen molar-refractivity contribution in [3.63, 3.8) is 0 Å². The third-order valence-corrected chi connectivity index (χ3v) is 3.54. The summed E-state index contributed by atoms with van der Waals surface area (Å²) < 4.78 is 7.20. The Kier molecular flexibility index (Phi) is 3.22. The highest BCUT2D eigenvalue weighted by atomic mass is 35.5. The van der Waals surface area contributed by atoms with Gasteiger partial charge in [0, 0.05) is 18.1 Å². The first kappa shape index (κ1) is 12.8. The van der Waals surface area contributed by atoms with Crippen LogP contribution in [0.15, 0.2) is 12.1 Å². The van der Waals surface area contributed by atoms with Crippen LogP contribution < -0.4 is 10.5 Å². The molecule has 2 rings (SSSR count). The summed E-state index contributed by atoms with van der Waals surface area (Å²) in [5, 5.41) is 1.51. The van der Waals surface area contributed by atoms with Crippen molar-refractivity contribution < 1.29 is 9.53 Å². The summed E-state index contributed by atoms with van der Waals surface area (Å²) in [4.78, 5) is 11.2. The molecule has 0 radical (unpaired) electrons. The lowest BCUT2D eigenvalue weighted by Crippen LogP contribution is -2.14. The molecule has 0 aliphatic rings. The lowest BCUT2D eigenvalue weighted by molar-refractivity contribution is -0.117. The average Bonchev–Trinajstić information content (AvgIpc) is 2.53. The molecule has 4 nitrogen and oxygen atoms in total. The van der Waals surface area contributed by atoms with E-state index in [9.17, 15) is 4.79 Å². The van der Waals surface area contributed by atoms with Crippen LogP contribution in [-0.2, 0) is 18.3 Å². The van der Waals surface area contributed by atoms with Crippen LogP contribution in [0.5, 0.6) is 5.75 Å². The Morgan fingerprint density at radius 1 is 1.50 bits per heavy atom. The van der Waals surface area contributed by atoms with E-state index in [1.165, 1.54) is 0 Å². The fourth-order valence-electron chi connectivity index (χ4n) is 2.19. The molecule has 0 aliphatic carbocycles. The van der Waals surface area contributed by atoms with E-state index in [0.717, 1.165) is 22.2 Å². The van der Waals surface area contributed by atoms with Crippen molar-refractivity contribution in [3.8, 4) is 5.75 Å². The Labute approximate surface area is 110 Å². The molecule has 1 aromatic heterocycles. The number of carbonyl (C=O) groups excluding carboxylic acids is 1. The SMILES string of the molecule is COc1cc2c(CC(N)=O)c(C)n(C)c2cc1Cl. The number of ether oxygens (including phenoxy) is 1. The average molecular weight is 267 g/mol. The van der Waals surface area contributed by atoms with E-state index >= 15 is 0 Å². The first-order valence-electron chi connectivity index (χ1n) is 5.55. The molecule has 0 aliphatic heterocycles. The minimum absolute atomic E-state index is 0.216. The summed E-state index contributed by atoms with van der Waals surface area (Å²) in [5.74, 6) is 0.250. The fraction of sp³-hybridized carbons (Fsp3) is 0.308. The zero-order valence-corrected chi connectivity index (χ0v) is 11.3. The molecule has 0 fully saturated rings. The standard InChI is InChI=1S/C13H15ClN2O2/c1-7-8(5-13(15)17)9-4-12(18-3)10(14)6-11(9)16(7)2/h4,6H,5H2,1-3H3,(H2,15,17). The molecule has 2 aromatic rings. The van der Waals surface area contributed by atoms with E-state index in [4.69, 9.17) is 22.1 Å². The van der Waals surface area contributed by atoms with Crippen LogP contribution >= 0.6 is 11.6 Å². The molecule has 1 aromatic carbocycles. The Morgan fingerprint density at radius 2 is 2.17 bits per heavy atom. The number of halogens is 1. The molecular formula is C13H15ClN2O2. The third-order valence-electron chi connectivity index (χ3n) is 3.25. The maximum Gasteiger partial charge on any atom is 0.221 e. The number of rotatable bonds is 3. The molecule has 5 heteroatoms. The molecule has 0 saturated carbocycles. The second-order valence-electron chi connectivity index (χ2n) is 4.27. The number of hydrogen-bond donors (Lipinski definition) is 1. The van der Waals surface area contributed by atoms with Crippen molar-refractivity contribution in [2.24, 2.45) is 12.8 Å². The third kappa shape index (κ3) is 1.93. The van der Waals surface area contributed by atoms with Gasteiger partial charge in [-0.05, 0) is 24.6 Å². The zero-order valence-electron chi connectivity index (χ0n) is 10.6. The van der Waals surface area contributed by atoms with Gasteiger partial charge in [-0.3, -0.25) is 4.79 Å². The molecule has 1 heterocycles. The van der Waals surface area contributed by atoms with E-state index in [0.29, 0.717) is 10.8 Å². The summed E-state index contributed by atoms with van der Waals surface area (Å²) >= 11 is 6.11. The molecule has 0 spiro atoms. The van der Waals surface area contributed by atoms with Crippen LogP contribution in [0.2, 0.25) is 5.02 Å². The maximum absolute atomic E-state index is 11.2. The first-order chi connectivity index (χ1) is 8.45. The Hall–Kier alpha value is -1.68. The van der Waals surface area contributed by atoms with Gasteiger partial charge in [-0.2, -0.15) is 0 Å². The number of benzene rings is 1. The lowest BCUT2D eigenvalue weighted by Gasteiger charge is -2.04. The van der Waals surface area contributed by atoms with Crippen LogP contribution in [0, 0.1) is 6.92 Å². The van der Waals surface area contributed by atoms with Gasteiger partial charge in [0.05, 0.1) is 24.1 Å². The summed E-state index contributed by atoms with van der Waals surface area (Å²) in [5.41, 5.74) is 8.19. The highest BCUT2D eigenvalue weighted by Crippen LogP contribution is 2.34. The Bertz CT molecular complexity index is 632. The van der Waals surface area contributed by atoms with Gasteiger partial charge in [0.15, 0.2) is 0 Å². The highest BCUT2D eigenvalue weighted by Gasteiger charge is 2.16. The van der Waals surface area contributed by atoms with Crippen molar-refractivity contribution in [1.29, 1.82) is 0 Å². The van der Waals surface area contributed by atoms with Gasteiger partial charge in [-0.1, -0.05) is 11.6 Å². The number of aryl methyl sites for hydroxylation is 1. The first-order valence-corrected chi connectivity index (χ1v) is 5.93. The Balaban J connectivity index is 2.77. The van der Waals surface area contributed by atoms with E-state index in [1.807, 2.05) is 30.7 Å². The number of nitrogens with two attached hydrogens (primary N) is 1. The largest absolute Gasteiger partial charge is 0.495 e. The van der Waals surface area contributed by atoms with E-state index < -0.39 is 0 Å². The summed E-state index contributed by atoms with van der Waals surface area (Å²) in [6.07, 6.45) is 0.216. The molecular weight excluding hydrogens is 252 g/mol. The van der Waals surface area contributed by atoms with Crippen LogP contribution in [0.3, 0.4) is 0 Å². The van der Waals surface area contributed by atoms with Gasteiger partial charge in [0.2, 0.25) is 5.91 Å². The zero-order chi connectivity index (χ0) is 13.4. The van der Waals surface area contributed by atoms with Gasteiger partial charge in [0.25, 0.3) is 0 Å². The van der Waals surface area contributed by atoms with Crippen molar-refractivity contribution in [2.45, 2.75) is 13.3 Å². The number of amides is 1. The van der Waals surface area contributed by atoms with Crippen LogP contribution in [0.25, 0.3) is 10.9 Å². The maximum atomic E-state index is 11.2. The minimum atomic E-state index is -0.348. The minimum Gasteiger partial charge on any atom is -0.495 e. The molecule has 0 bridgehead atoms. The van der Waals surface area contributed by atoms with Gasteiger partial charge >= 0.3 is 0 Å². The van der Waals surface area contributed by atoms with Crippen molar-refractivity contribution in [3.05, 3.63) is 28.4 Å². The predicted octanol–water partition coefficient (Wildman–Crippen LogP) is 2.18. The van der Waals surface area contributed by atoms with Gasteiger partial charge in [-0.25, -0.2) is 0 Å². The normalized spacial score (nSPS) is 10.9. The Morgan fingerprint density at radius 3 is 2.72 bits per heavy atom. The topological polar surface area (TPSA) is 57.2 Å². The monoisotopic (exact) mass is 266 g/mol. The van der Waals surface area contributed by atoms with Crippen molar-refractivity contribution >= 4 is 28.4 Å². The number of carbonyl (C=O) groups is 1. The molecule has 96 valence electrons. The molecule has 0 atom stereocenters. The molecule has 0 unspecified atom stereocenters. The van der Waals surface area contributed by atoms with Crippen molar-refractivity contribution in [2.75, 3.05) is 7.11 Å². The second kappa shape index (κ2) is 4.53. The molecule has 1 amide bonds. The quantitative estimate of drug-likeness (QED) is 0.926. The number of nitrogens with zero attached hydrogens (tertiary/aromatic N) is 1. The van der Waals surface area contributed by atoms with Crippen LogP contribution in [0.1, 0.15) is 11.3 Å². The van der Waals surface area contributed by atoms with Crippen molar-refractivity contribution in [1.82, 2.24) is 4.57 Å². The second-order valence-corrected chi connectivity index (χ2v) is 4.68. The highest BCUT2D eigenvalue weighted by molar-refractivity contribution is 6.32. The predicted molar refractivity (Wildman–Crippen MR) is 72.1 cm³/mol. The fourth-order valence-corrected chi connectivity index (χ4v) is 2.43. The number of fused-ring (bicyclic) bond motifs is 1. The molecule has 0 saturated heterocycles. The number of aromatic nitrogens is 1. The summed E-state index contributed by atoms with van der Waals surface area (Å²) in [6, 6.07) is 3.69. The van der Waals surface area contributed by atoms with E-state index in [2.05, 4.69) is 0 Å². The number of methoxy groups -OCH3 is 1. The summed E-state index contributed by atoms with van der Waals surface area (Å²) in [7, 11) is 3.50. The van der Waals surface area contributed by atoms with Gasteiger partial charge in [0.1, 0.15) is 5.75 Å². The van der Waals surface area contributed by atoms with E-state index in [-0.39, 0.29) is 12.3 Å². The van der Waals surface area contributed by atoms with Crippen LogP contribution in [-0.4, -0.2) is 17.6 Å². The van der Waals surface area contributed by atoms with Gasteiger partial charge in [-0.15, -0.1) is 0 Å². The molecule has 18 heavy (non-hydrogen) atoms. The molecule has 2 N–H and O–H groups in total. The number of primary amides is 1.